The topological polar surface area (TPSA) is 176 Å². The molecule has 2 unspecified atom stereocenters. The third-order valence-electron chi connectivity index (χ3n) is 9.75. The first-order valence-corrected chi connectivity index (χ1v) is 20.2. The van der Waals surface area contributed by atoms with Crippen molar-refractivity contribution in [1.29, 1.82) is 0 Å². The van der Waals surface area contributed by atoms with Crippen LogP contribution < -0.4 is 5.73 Å². The Labute approximate surface area is 339 Å². The van der Waals surface area contributed by atoms with Gasteiger partial charge in [0.1, 0.15) is 5.54 Å². The number of allylic oxidation sites excluding steroid dienone is 1. The normalized spacial score (nSPS) is 21.5. The van der Waals surface area contributed by atoms with Crippen LogP contribution in [-0.4, -0.2) is 54.4 Å². The molecule has 0 radical (unpaired) electrons. The van der Waals surface area contributed by atoms with Crippen LogP contribution in [0.15, 0.2) is 132 Å². The number of aromatic nitrogens is 4. The molecule has 8 rings (SSSR count). The van der Waals surface area contributed by atoms with Gasteiger partial charge in [-0.1, -0.05) is 89.8 Å². The minimum Gasteiger partial charge on any atom is -0.768 e. The molecule has 2 fully saturated rings. The molecule has 0 bridgehead atoms. The number of nitrogens with zero attached hydrogens (tertiary/aromatic N) is 4. The zero-order chi connectivity index (χ0) is 40.9. The van der Waals surface area contributed by atoms with E-state index < -0.39 is 27.7 Å². The van der Waals surface area contributed by atoms with Gasteiger partial charge in [-0.3, -0.25) is 18.0 Å². The zero-order valence-electron chi connectivity index (χ0n) is 30.8. The Balaban J connectivity index is 0.000000149. The van der Waals surface area contributed by atoms with E-state index in [0.29, 0.717) is 31.8 Å². The summed E-state index contributed by atoms with van der Waals surface area (Å²) in [4.78, 5) is 25.5. The smallest absolute Gasteiger partial charge is 0.268 e. The Morgan fingerprint density at radius 3 is 1.50 bits per heavy atom. The second kappa shape index (κ2) is 17.7. The Morgan fingerprint density at radius 1 is 0.732 bits per heavy atom. The number of rotatable bonds is 6. The van der Waals surface area contributed by atoms with Gasteiger partial charge in [0.25, 0.3) is 11.8 Å². The lowest BCUT2D eigenvalue weighted by atomic mass is 10.1. The maximum Gasteiger partial charge on any atom is 0.268 e. The highest BCUT2D eigenvalue weighted by molar-refractivity contribution is 7.79. The van der Waals surface area contributed by atoms with Crippen LogP contribution in [0.3, 0.4) is 0 Å². The van der Waals surface area contributed by atoms with Crippen molar-refractivity contribution in [3.05, 3.63) is 144 Å². The standard InChI is InChI=1S/C14H13ClN2O.C13H12ClN3O.2C7H8O2S/c1-3-9-7-14(9,2)13(18)17-12-6-4-5-11(15)10(12)8-16-17;1-2-8-6-13(8,15)12(18)17-11-5-3-4-10(14)9(11)7-16-17;2*1-6-2-4-7(5-3-6)10(8)9/h3-6,8-9H,1,7H2,2H3;2-5,7-8H,1,6,15H2;2*2-5H,1H3,(H,8,9)/p-2/t9-,14+;8-,13-;;/m00../s1. The summed E-state index contributed by atoms with van der Waals surface area (Å²) in [6, 6.07) is 24.3. The second-order valence-electron chi connectivity index (χ2n) is 13.7. The fourth-order valence-electron chi connectivity index (χ4n) is 5.92. The molecule has 11 nitrogen and oxygen atoms in total. The predicted molar refractivity (Wildman–Crippen MR) is 219 cm³/mol. The van der Waals surface area contributed by atoms with Gasteiger partial charge in [-0.2, -0.15) is 19.6 Å². The molecule has 0 aliphatic heterocycles. The summed E-state index contributed by atoms with van der Waals surface area (Å²) < 4.78 is 44.0. The number of benzene rings is 4. The van der Waals surface area contributed by atoms with Gasteiger partial charge in [0, 0.05) is 26.5 Å². The largest absolute Gasteiger partial charge is 0.768 e. The maximum atomic E-state index is 12.5. The van der Waals surface area contributed by atoms with Crippen LogP contribution in [0.4, 0.5) is 0 Å². The van der Waals surface area contributed by atoms with E-state index in [0.717, 1.165) is 33.8 Å². The number of hydrogen-bond donors (Lipinski definition) is 1. The number of carbonyl (C=O) groups excluding carboxylic acids is 2. The molecule has 292 valence electrons. The number of fused-ring (bicyclic) bond motifs is 2. The van der Waals surface area contributed by atoms with Crippen LogP contribution in [0, 0.1) is 31.1 Å². The van der Waals surface area contributed by atoms with Gasteiger partial charge >= 0.3 is 0 Å². The van der Waals surface area contributed by atoms with Crippen molar-refractivity contribution in [3.8, 4) is 0 Å². The van der Waals surface area contributed by atoms with E-state index in [4.69, 9.17) is 28.9 Å². The van der Waals surface area contributed by atoms with E-state index in [1.165, 1.54) is 9.36 Å². The van der Waals surface area contributed by atoms with E-state index >= 15 is 0 Å². The van der Waals surface area contributed by atoms with Gasteiger partial charge in [-0.25, -0.2) is 0 Å². The van der Waals surface area contributed by atoms with Gasteiger partial charge in [0.05, 0.1) is 38.9 Å². The fourth-order valence-corrected chi connectivity index (χ4v) is 7.08. The van der Waals surface area contributed by atoms with E-state index in [1.807, 2.05) is 39.0 Å². The summed E-state index contributed by atoms with van der Waals surface area (Å²) in [6.45, 7) is 13.2. The molecule has 2 heterocycles. The van der Waals surface area contributed by atoms with Crippen molar-refractivity contribution in [2.45, 2.75) is 48.9 Å². The highest BCUT2D eigenvalue weighted by Gasteiger charge is 2.57. The number of hydrogen-bond acceptors (Lipinski definition) is 9. The SMILES string of the molecule is C=C[C@H]1C[C@@]1(C)C(=O)n1ncc2c(Cl)cccc21.C=C[C@H]1C[C@@]1(N)C(=O)n1ncc2c(Cl)cccc21.Cc1ccc(S(=O)[O-])cc1.Cc1ccc(S(=O)[O-])cc1. The highest BCUT2D eigenvalue weighted by Crippen LogP contribution is 2.54. The molecule has 2 saturated carbocycles. The van der Waals surface area contributed by atoms with Gasteiger partial charge in [0.2, 0.25) is 0 Å². The maximum absolute atomic E-state index is 12.5. The van der Waals surface area contributed by atoms with Crippen LogP contribution in [0.2, 0.25) is 10.0 Å². The summed E-state index contributed by atoms with van der Waals surface area (Å²) in [5, 5.41) is 11.0. The minimum absolute atomic E-state index is 0.0182. The second-order valence-corrected chi connectivity index (χ2v) is 16.4. The molecule has 2 N–H and O–H groups in total. The third-order valence-corrected chi connectivity index (χ3v) is 11.7. The average molecular weight is 833 g/mol. The van der Waals surface area contributed by atoms with Gasteiger partial charge < -0.3 is 14.8 Å². The molecule has 15 heteroatoms. The Bertz CT molecular complexity index is 2300. The van der Waals surface area contributed by atoms with Crippen molar-refractivity contribution in [2.24, 2.45) is 23.0 Å². The molecular weight excluding hydrogens is 794 g/mol. The van der Waals surface area contributed by atoms with Crippen LogP contribution >= 0.6 is 23.2 Å². The summed E-state index contributed by atoms with van der Waals surface area (Å²) in [7, 11) is 0. The summed E-state index contributed by atoms with van der Waals surface area (Å²) >= 11 is 7.95. The van der Waals surface area contributed by atoms with Gasteiger partial charge in [-0.05, 0) is 103 Å². The molecule has 6 atom stereocenters. The first-order valence-electron chi connectivity index (χ1n) is 17.3. The molecule has 4 aromatic carbocycles. The summed E-state index contributed by atoms with van der Waals surface area (Å²) in [6.07, 6.45) is 8.26. The minimum atomic E-state index is -2.09. The van der Waals surface area contributed by atoms with Gasteiger partial charge in [0.15, 0.2) is 0 Å². The fraction of sp³-hybridized carbons (Fsp3) is 0.220. The molecule has 0 saturated heterocycles. The van der Waals surface area contributed by atoms with E-state index in [1.54, 1.807) is 91.3 Å². The predicted octanol–water partition coefficient (Wildman–Crippen LogP) is 8.24. The van der Waals surface area contributed by atoms with Gasteiger partial charge in [-0.15, -0.1) is 13.2 Å². The van der Waals surface area contributed by atoms with Crippen molar-refractivity contribution < 1.29 is 27.1 Å². The monoisotopic (exact) mass is 831 g/mol. The molecule has 0 amide bonds. The molecular formula is C41H39Cl2N5O6S2-2. The third kappa shape index (κ3) is 9.32. The lowest BCUT2D eigenvalue weighted by Gasteiger charge is -2.09. The van der Waals surface area contributed by atoms with Crippen LogP contribution in [0.5, 0.6) is 0 Å². The first-order chi connectivity index (χ1) is 26.5. The van der Waals surface area contributed by atoms with E-state index in [9.17, 15) is 27.1 Å². The van der Waals surface area contributed by atoms with Crippen molar-refractivity contribution in [1.82, 2.24) is 19.6 Å². The number of aryl methyl sites for hydroxylation is 2. The summed E-state index contributed by atoms with van der Waals surface area (Å²) in [5.74, 6) is 0.0983. The Hall–Kier alpha value is -4.60. The number of carbonyl (C=O) groups is 2. The van der Waals surface area contributed by atoms with Crippen molar-refractivity contribution in [2.75, 3.05) is 0 Å². The highest BCUT2D eigenvalue weighted by atomic mass is 35.5. The molecule has 2 aromatic heterocycles. The molecule has 56 heavy (non-hydrogen) atoms. The summed E-state index contributed by atoms with van der Waals surface area (Å²) in [5.41, 5.74) is 8.42. The van der Waals surface area contributed by atoms with Crippen molar-refractivity contribution >= 4 is 79.0 Å². The molecule has 2 aliphatic rings. The van der Waals surface area contributed by atoms with E-state index in [-0.39, 0.29) is 29.1 Å². The number of nitrogens with two attached hydrogens (primary N) is 1. The average Bonchev–Trinajstić information content (AvgIpc) is 3.89. The lowest BCUT2D eigenvalue weighted by molar-refractivity contribution is 0.0806. The van der Waals surface area contributed by atoms with Crippen LogP contribution in [0.25, 0.3) is 21.8 Å². The zero-order valence-corrected chi connectivity index (χ0v) is 33.9. The quantitative estimate of drug-likeness (QED) is 0.128. The van der Waals surface area contributed by atoms with Crippen LogP contribution in [-0.2, 0) is 22.2 Å². The molecule has 0 spiro atoms. The molecule has 6 aromatic rings. The van der Waals surface area contributed by atoms with E-state index in [2.05, 4.69) is 23.4 Å². The Morgan fingerprint density at radius 2 is 1.14 bits per heavy atom. The first kappa shape index (κ1) is 42.5. The lowest BCUT2D eigenvalue weighted by Crippen LogP contribution is -2.39. The van der Waals surface area contributed by atoms with Crippen molar-refractivity contribution in [3.63, 3.8) is 0 Å². The molecule has 2 aliphatic carbocycles. The van der Waals surface area contributed by atoms with Crippen LogP contribution in [0.1, 0.15) is 40.5 Å². The number of halogens is 2. The Kier molecular flexibility index (Phi) is 13.4.